The van der Waals surface area contributed by atoms with E-state index in [4.69, 9.17) is 10.8 Å². The molecule has 1 nitrogen and oxygen atoms in total. The fourth-order valence-corrected chi connectivity index (χ4v) is 4.98. The van der Waals surface area contributed by atoms with Gasteiger partial charge in [0.1, 0.15) is 0 Å². The Balaban J connectivity index is 2.11. The van der Waals surface area contributed by atoms with E-state index < -0.39 is 8.32 Å². The van der Waals surface area contributed by atoms with E-state index in [0.717, 1.165) is 11.8 Å². The van der Waals surface area contributed by atoms with Gasteiger partial charge in [-0.05, 0) is 42.8 Å². The average molecular weight is 279 g/mol. The lowest BCUT2D eigenvalue weighted by molar-refractivity contribution is 0.151. The molecule has 0 spiro atoms. The van der Waals surface area contributed by atoms with Crippen molar-refractivity contribution in [3.05, 3.63) is 0 Å². The molecule has 0 aromatic carbocycles. The molecule has 19 heavy (non-hydrogen) atoms. The van der Waals surface area contributed by atoms with Gasteiger partial charge in [-0.25, -0.2) is 0 Å². The van der Waals surface area contributed by atoms with E-state index >= 15 is 0 Å². The third kappa shape index (κ3) is 2.93. The second kappa shape index (κ2) is 5.26. The van der Waals surface area contributed by atoms with Crippen molar-refractivity contribution < 1.29 is 4.43 Å². The third-order valence-electron chi connectivity index (χ3n) is 5.81. The van der Waals surface area contributed by atoms with Gasteiger partial charge in [0, 0.05) is 5.92 Å². The largest absolute Gasteiger partial charge is 0.413 e. The molecule has 0 N–H and O–H groups in total. The van der Waals surface area contributed by atoms with Crippen LogP contribution >= 0.6 is 0 Å². The van der Waals surface area contributed by atoms with Crippen LogP contribution in [-0.4, -0.2) is 14.4 Å². The predicted molar refractivity (Wildman–Crippen MR) is 84.5 cm³/mol. The molecular weight excluding hydrogens is 248 g/mol. The Hall–Kier alpha value is -0.263. The maximum Gasteiger partial charge on any atom is 0.192 e. The highest BCUT2D eigenvalue weighted by molar-refractivity contribution is 6.74. The van der Waals surface area contributed by atoms with Crippen molar-refractivity contribution in [2.24, 2.45) is 17.8 Å². The highest BCUT2D eigenvalue weighted by Crippen LogP contribution is 2.49. The van der Waals surface area contributed by atoms with Crippen LogP contribution < -0.4 is 0 Å². The summed E-state index contributed by atoms with van der Waals surface area (Å²) in [5.41, 5.74) is 0. The van der Waals surface area contributed by atoms with E-state index in [9.17, 15) is 0 Å². The minimum atomic E-state index is -1.69. The Kier molecular flexibility index (Phi) is 4.19. The number of rotatable bonds is 2. The fourth-order valence-electron chi connectivity index (χ4n) is 3.63. The molecule has 0 aromatic heterocycles. The molecule has 0 saturated heterocycles. The summed E-state index contributed by atoms with van der Waals surface area (Å²) in [5.74, 6) is 5.04. The molecule has 2 fully saturated rings. The maximum atomic E-state index is 6.66. The quantitative estimate of drug-likeness (QED) is 0.519. The van der Waals surface area contributed by atoms with Crippen molar-refractivity contribution in [1.29, 1.82) is 0 Å². The van der Waals surface area contributed by atoms with Crippen molar-refractivity contribution >= 4 is 8.32 Å². The third-order valence-corrected chi connectivity index (χ3v) is 10.3. The van der Waals surface area contributed by atoms with Gasteiger partial charge in [0.2, 0.25) is 0 Å². The summed E-state index contributed by atoms with van der Waals surface area (Å²) in [6.45, 7) is 11.6. The molecule has 2 aliphatic carbocycles. The summed E-state index contributed by atoms with van der Waals surface area (Å²) in [5, 5.41) is 0.278. The lowest BCUT2D eigenvalue weighted by Crippen LogP contribution is -2.45. The van der Waals surface area contributed by atoms with Crippen molar-refractivity contribution in [3.8, 4) is 12.3 Å². The van der Waals surface area contributed by atoms with E-state index in [2.05, 4.69) is 39.8 Å². The normalized spacial score (nSPS) is 35.8. The number of hydrogen-bond donors (Lipinski definition) is 0. The molecule has 0 bridgehead atoms. The molecule has 2 heteroatoms. The molecular formula is C17H30OSi. The first-order valence-electron chi connectivity index (χ1n) is 7.90. The summed E-state index contributed by atoms with van der Waals surface area (Å²) in [6, 6.07) is 0. The second-order valence-electron chi connectivity index (χ2n) is 8.05. The van der Waals surface area contributed by atoms with Crippen molar-refractivity contribution in [3.63, 3.8) is 0 Å². The highest BCUT2D eigenvalue weighted by atomic mass is 28.4. The molecule has 0 amide bonds. The minimum Gasteiger partial charge on any atom is -0.413 e. The highest BCUT2D eigenvalue weighted by Gasteiger charge is 2.48. The van der Waals surface area contributed by atoms with Crippen LogP contribution in [0.15, 0.2) is 0 Å². The smallest absolute Gasteiger partial charge is 0.192 e. The van der Waals surface area contributed by atoms with Gasteiger partial charge in [0.05, 0.1) is 6.10 Å². The first kappa shape index (κ1) is 15.1. The molecule has 2 saturated carbocycles. The Morgan fingerprint density at radius 1 is 1.16 bits per heavy atom. The van der Waals surface area contributed by atoms with Gasteiger partial charge in [0.15, 0.2) is 8.32 Å². The number of hydrogen-bond acceptors (Lipinski definition) is 1. The van der Waals surface area contributed by atoms with Crippen molar-refractivity contribution in [2.45, 2.75) is 77.1 Å². The molecule has 0 aliphatic heterocycles. The second-order valence-corrected chi connectivity index (χ2v) is 12.8. The lowest BCUT2D eigenvalue weighted by atomic mass is 9.78. The summed E-state index contributed by atoms with van der Waals surface area (Å²) < 4.78 is 6.66. The van der Waals surface area contributed by atoms with Crippen LogP contribution in [0.5, 0.6) is 0 Å². The molecule has 0 aromatic rings. The Bertz CT molecular complexity index is 360. The van der Waals surface area contributed by atoms with Crippen LogP contribution in [-0.2, 0) is 4.43 Å². The van der Waals surface area contributed by atoms with Crippen molar-refractivity contribution in [2.75, 3.05) is 0 Å². The Labute approximate surface area is 120 Å². The molecule has 108 valence electrons. The summed E-state index contributed by atoms with van der Waals surface area (Å²) in [4.78, 5) is 0. The van der Waals surface area contributed by atoms with Gasteiger partial charge < -0.3 is 4.43 Å². The molecule has 2 aliphatic rings. The molecule has 4 atom stereocenters. The Morgan fingerprint density at radius 3 is 2.37 bits per heavy atom. The van der Waals surface area contributed by atoms with E-state index in [0.29, 0.717) is 12.0 Å². The molecule has 0 radical (unpaired) electrons. The molecule has 2 rings (SSSR count). The first-order valence-corrected chi connectivity index (χ1v) is 10.8. The van der Waals surface area contributed by atoms with Gasteiger partial charge >= 0.3 is 0 Å². The topological polar surface area (TPSA) is 9.23 Å². The predicted octanol–water partition coefficient (Wildman–Crippen LogP) is 4.84. The van der Waals surface area contributed by atoms with Crippen LogP contribution in [0.25, 0.3) is 0 Å². The number of terminal acetylenes is 1. The van der Waals surface area contributed by atoms with Crippen LogP contribution in [0.1, 0.15) is 52.9 Å². The standard InChI is InChI=1S/C17H30OSi/c1-7-14-15-11-9-8-10-13(15)12-16(14)18-19(5,6)17(2,3)4/h1,13-16H,8-12H2,2-6H3/t13-,14-,15+,16-/m0/s1. The van der Waals surface area contributed by atoms with Crippen LogP contribution in [0.4, 0.5) is 0 Å². The monoisotopic (exact) mass is 278 g/mol. The zero-order chi connectivity index (χ0) is 14.3. The SMILES string of the molecule is C#C[C@H]1[C@@H]2CCCC[C@H]2C[C@@H]1O[Si](C)(C)C(C)(C)C. The van der Waals surface area contributed by atoms with Gasteiger partial charge in [-0.15, -0.1) is 12.3 Å². The van der Waals surface area contributed by atoms with Crippen LogP contribution in [0.2, 0.25) is 18.1 Å². The minimum absolute atomic E-state index is 0.278. The fraction of sp³-hybridized carbons (Fsp3) is 0.882. The van der Waals surface area contributed by atoms with Crippen LogP contribution in [0.3, 0.4) is 0 Å². The van der Waals surface area contributed by atoms with Gasteiger partial charge in [-0.1, -0.05) is 40.0 Å². The van der Waals surface area contributed by atoms with E-state index in [1.165, 1.54) is 32.1 Å². The van der Waals surface area contributed by atoms with Gasteiger partial charge in [-0.3, -0.25) is 0 Å². The average Bonchev–Trinajstić information content (AvgIpc) is 2.63. The number of fused-ring (bicyclic) bond motifs is 1. The van der Waals surface area contributed by atoms with E-state index in [-0.39, 0.29) is 5.04 Å². The van der Waals surface area contributed by atoms with Gasteiger partial charge in [0.25, 0.3) is 0 Å². The van der Waals surface area contributed by atoms with E-state index in [1.54, 1.807) is 0 Å². The van der Waals surface area contributed by atoms with Gasteiger partial charge in [-0.2, -0.15) is 0 Å². The zero-order valence-corrected chi connectivity index (χ0v) is 14.3. The lowest BCUT2D eigenvalue weighted by Gasteiger charge is -2.39. The first-order chi connectivity index (χ1) is 8.76. The summed E-state index contributed by atoms with van der Waals surface area (Å²) >= 11 is 0. The maximum absolute atomic E-state index is 6.66. The molecule has 0 heterocycles. The van der Waals surface area contributed by atoms with E-state index in [1.807, 2.05) is 0 Å². The van der Waals surface area contributed by atoms with Crippen LogP contribution in [0, 0.1) is 30.1 Å². The molecule has 0 unspecified atom stereocenters. The summed E-state index contributed by atoms with van der Waals surface area (Å²) in [7, 11) is -1.69. The van der Waals surface area contributed by atoms with Crippen molar-refractivity contribution in [1.82, 2.24) is 0 Å². The Morgan fingerprint density at radius 2 is 1.79 bits per heavy atom. The summed E-state index contributed by atoms with van der Waals surface area (Å²) in [6.07, 6.45) is 12.9. The zero-order valence-electron chi connectivity index (χ0n) is 13.3.